The molecule has 0 radical (unpaired) electrons. The van der Waals surface area contributed by atoms with Crippen molar-refractivity contribution in [3.05, 3.63) is 15.6 Å². The van der Waals surface area contributed by atoms with Gasteiger partial charge in [-0.05, 0) is 32.1 Å². The minimum atomic E-state index is 0.173. The molecule has 3 nitrogen and oxygen atoms in total. The number of aromatic nitrogens is 1. The molecule has 0 unspecified atom stereocenters. The highest BCUT2D eigenvalue weighted by Crippen LogP contribution is 2.27. The topological polar surface area (TPSA) is 42.0 Å². The Balaban J connectivity index is 1.76. The second-order valence-corrected chi connectivity index (χ2v) is 6.05. The maximum atomic E-state index is 11.8. The summed E-state index contributed by atoms with van der Waals surface area (Å²) < 4.78 is 0. The minimum Gasteiger partial charge on any atom is -0.355 e. The second-order valence-electron chi connectivity index (χ2n) is 4.89. The molecule has 0 atom stereocenters. The molecular weight excluding hydrogens is 244 g/mol. The average Bonchev–Trinajstić information content (AvgIpc) is 2.91. The first-order valence-electron chi connectivity index (χ1n) is 6.99. The van der Waals surface area contributed by atoms with Crippen molar-refractivity contribution in [3.63, 3.8) is 0 Å². The van der Waals surface area contributed by atoms with Crippen LogP contribution in [0.1, 0.15) is 48.7 Å². The van der Waals surface area contributed by atoms with Crippen molar-refractivity contribution in [1.29, 1.82) is 0 Å². The number of thiazole rings is 1. The Morgan fingerprint density at radius 3 is 2.83 bits per heavy atom. The van der Waals surface area contributed by atoms with Crippen LogP contribution in [-0.2, 0) is 24.1 Å². The molecule has 0 fully saturated rings. The zero-order valence-electron chi connectivity index (χ0n) is 11.3. The first-order chi connectivity index (χ1) is 8.74. The summed E-state index contributed by atoms with van der Waals surface area (Å²) in [5, 5.41) is 4.21. The van der Waals surface area contributed by atoms with Crippen molar-refractivity contribution in [3.8, 4) is 0 Å². The number of carbonyl (C=O) groups is 1. The summed E-state index contributed by atoms with van der Waals surface area (Å²) in [5.41, 5.74) is 1.31. The Morgan fingerprint density at radius 2 is 2.17 bits per heavy atom. The molecule has 1 N–H and O–H groups in total. The van der Waals surface area contributed by atoms with E-state index in [0.29, 0.717) is 0 Å². The number of nitrogens with one attached hydrogen (secondary N) is 1. The largest absolute Gasteiger partial charge is 0.355 e. The lowest BCUT2D eigenvalue weighted by Crippen LogP contribution is -2.31. The van der Waals surface area contributed by atoms with E-state index >= 15 is 0 Å². The first kappa shape index (κ1) is 13.5. The van der Waals surface area contributed by atoms with E-state index in [1.165, 1.54) is 28.4 Å². The highest BCUT2D eigenvalue weighted by Gasteiger charge is 2.17. The van der Waals surface area contributed by atoms with E-state index in [9.17, 15) is 4.79 Å². The predicted octanol–water partition coefficient (Wildman–Crippen LogP) is 2.73. The molecule has 0 aliphatic heterocycles. The molecule has 1 amide bonds. The predicted molar refractivity (Wildman–Crippen MR) is 74.9 cm³/mol. The van der Waals surface area contributed by atoms with Crippen LogP contribution in [0.3, 0.4) is 0 Å². The van der Waals surface area contributed by atoms with Gasteiger partial charge in [-0.15, -0.1) is 11.3 Å². The molecule has 2 rings (SSSR count). The third-order valence-electron chi connectivity index (χ3n) is 3.63. The Bertz CT molecular complexity index is 388. The van der Waals surface area contributed by atoms with Crippen LogP contribution in [-0.4, -0.2) is 17.4 Å². The lowest BCUT2D eigenvalue weighted by atomic mass is 10.0. The number of hydrogen-bond donors (Lipinski definition) is 1. The van der Waals surface area contributed by atoms with E-state index in [4.69, 9.17) is 0 Å². The van der Waals surface area contributed by atoms with Crippen LogP contribution in [0.2, 0.25) is 0 Å². The van der Waals surface area contributed by atoms with Crippen LogP contribution in [0.15, 0.2) is 0 Å². The first-order valence-corrected chi connectivity index (χ1v) is 7.81. The van der Waals surface area contributed by atoms with Gasteiger partial charge in [-0.25, -0.2) is 4.98 Å². The van der Waals surface area contributed by atoms with Gasteiger partial charge in [0.05, 0.1) is 10.7 Å². The van der Waals surface area contributed by atoms with Crippen molar-refractivity contribution in [2.75, 3.05) is 6.54 Å². The fraction of sp³-hybridized carbons (Fsp3) is 0.714. The molecule has 1 aliphatic rings. The molecule has 0 bridgehead atoms. The maximum absolute atomic E-state index is 11.8. The van der Waals surface area contributed by atoms with Gasteiger partial charge in [0.1, 0.15) is 0 Å². The molecule has 100 valence electrons. The summed E-state index contributed by atoms with van der Waals surface area (Å²) >= 11 is 1.83. The van der Waals surface area contributed by atoms with Crippen LogP contribution in [0, 0.1) is 5.92 Å². The monoisotopic (exact) mass is 266 g/mol. The van der Waals surface area contributed by atoms with Gasteiger partial charge in [-0.3, -0.25) is 4.79 Å². The molecule has 0 aromatic carbocycles. The highest BCUT2D eigenvalue weighted by atomic mass is 32.1. The van der Waals surface area contributed by atoms with Crippen molar-refractivity contribution < 1.29 is 4.79 Å². The molecule has 0 spiro atoms. The molecule has 1 aromatic rings. The molecule has 1 aliphatic carbocycles. The van der Waals surface area contributed by atoms with Gasteiger partial charge in [-0.2, -0.15) is 0 Å². The maximum Gasteiger partial charge on any atom is 0.223 e. The number of aryl methyl sites for hydroxylation is 2. The summed E-state index contributed by atoms with van der Waals surface area (Å²) in [6, 6.07) is 0. The summed E-state index contributed by atoms with van der Waals surface area (Å²) in [7, 11) is 0. The van der Waals surface area contributed by atoms with Crippen LogP contribution in [0.4, 0.5) is 0 Å². The molecule has 18 heavy (non-hydrogen) atoms. The Hall–Kier alpha value is -0.900. The van der Waals surface area contributed by atoms with Crippen LogP contribution in [0.25, 0.3) is 0 Å². The van der Waals surface area contributed by atoms with Gasteiger partial charge >= 0.3 is 0 Å². The normalized spacial score (nSPS) is 13.9. The van der Waals surface area contributed by atoms with Gasteiger partial charge in [0, 0.05) is 23.8 Å². The number of hydrogen-bond acceptors (Lipinski definition) is 3. The van der Waals surface area contributed by atoms with Crippen molar-refractivity contribution in [1.82, 2.24) is 10.3 Å². The van der Waals surface area contributed by atoms with E-state index in [0.717, 1.165) is 32.2 Å². The second kappa shape index (κ2) is 6.32. The van der Waals surface area contributed by atoms with Crippen molar-refractivity contribution in [2.24, 2.45) is 5.92 Å². The number of nitrogens with zero attached hydrogens (tertiary/aromatic N) is 1. The van der Waals surface area contributed by atoms with E-state index in [1.54, 1.807) is 0 Å². The SMILES string of the molecule is CCC(CC)C(=O)NCCc1nc2c(s1)CCC2. The van der Waals surface area contributed by atoms with Gasteiger partial charge < -0.3 is 5.32 Å². The smallest absolute Gasteiger partial charge is 0.223 e. The number of carbonyl (C=O) groups excluding carboxylic acids is 1. The number of fused-ring (bicyclic) bond motifs is 1. The molecule has 4 heteroatoms. The van der Waals surface area contributed by atoms with Gasteiger partial charge in [0.2, 0.25) is 5.91 Å². The lowest BCUT2D eigenvalue weighted by molar-refractivity contribution is -0.125. The highest BCUT2D eigenvalue weighted by molar-refractivity contribution is 7.11. The third kappa shape index (κ3) is 3.10. The fourth-order valence-corrected chi connectivity index (χ4v) is 3.60. The number of rotatable bonds is 6. The summed E-state index contributed by atoms with van der Waals surface area (Å²) in [4.78, 5) is 17.9. The summed E-state index contributed by atoms with van der Waals surface area (Å²) in [6.07, 6.45) is 6.34. The van der Waals surface area contributed by atoms with Crippen LogP contribution >= 0.6 is 11.3 Å². The van der Waals surface area contributed by atoms with E-state index in [2.05, 4.69) is 24.1 Å². The Labute approximate surface area is 113 Å². The molecular formula is C14H22N2OS. The van der Waals surface area contributed by atoms with Gasteiger partial charge in [0.15, 0.2) is 0 Å². The Morgan fingerprint density at radius 1 is 1.39 bits per heavy atom. The molecule has 0 saturated heterocycles. The quantitative estimate of drug-likeness (QED) is 0.860. The number of amides is 1. The van der Waals surface area contributed by atoms with Crippen LogP contribution < -0.4 is 5.32 Å². The minimum absolute atomic E-state index is 0.173. The molecule has 1 aromatic heterocycles. The van der Waals surface area contributed by atoms with E-state index < -0.39 is 0 Å². The van der Waals surface area contributed by atoms with Gasteiger partial charge in [-0.1, -0.05) is 13.8 Å². The lowest BCUT2D eigenvalue weighted by Gasteiger charge is -2.11. The zero-order valence-corrected chi connectivity index (χ0v) is 12.1. The van der Waals surface area contributed by atoms with Crippen LogP contribution in [0.5, 0.6) is 0 Å². The van der Waals surface area contributed by atoms with E-state index in [1.807, 2.05) is 11.3 Å². The standard InChI is InChI=1S/C14H22N2OS/c1-3-10(4-2)14(17)15-9-8-13-16-11-6-5-7-12(11)18-13/h10H,3-9H2,1-2H3,(H,15,17). The fourth-order valence-electron chi connectivity index (χ4n) is 2.45. The molecule has 0 saturated carbocycles. The third-order valence-corrected chi connectivity index (χ3v) is 4.85. The molecule has 1 heterocycles. The summed E-state index contributed by atoms with van der Waals surface area (Å²) in [6.45, 7) is 4.86. The van der Waals surface area contributed by atoms with Crippen molar-refractivity contribution >= 4 is 17.2 Å². The average molecular weight is 266 g/mol. The summed E-state index contributed by atoms with van der Waals surface area (Å²) in [5.74, 6) is 0.371. The Kier molecular flexibility index (Phi) is 4.75. The zero-order chi connectivity index (χ0) is 13.0. The van der Waals surface area contributed by atoms with Crippen molar-refractivity contribution in [2.45, 2.75) is 52.4 Å². The van der Waals surface area contributed by atoms with Gasteiger partial charge in [0.25, 0.3) is 0 Å². The van der Waals surface area contributed by atoms with E-state index in [-0.39, 0.29) is 11.8 Å².